The molecule has 3 nitrogen and oxygen atoms in total. The summed E-state index contributed by atoms with van der Waals surface area (Å²) in [6.07, 6.45) is 1.12. The first-order valence-corrected chi connectivity index (χ1v) is 5.45. The van der Waals surface area contributed by atoms with E-state index in [0.29, 0.717) is 6.04 Å². The molecule has 86 valence electrons. The van der Waals surface area contributed by atoms with Crippen LogP contribution in [0.1, 0.15) is 34.1 Å². The van der Waals surface area contributed by atoms with Crippen LogP contribution in [0.2, 0.25) is 0 Å². The molecule has 0 aliphatic carbocycles. The maximum absolute atomic E-state index is 9.15. The zero-order valence-corrected chi connectivity index (χ0v) is 10.3. The molecule has 0 fully saturated rings. The second kappa shape index (κ2) is 6.38. The molecule has 0 spiro atoms. The van der Waals surface area contributed by atoms with Gasteiger partial charge in [0.2, 0.25) is 0 Å². The van der Waals surface area contributed by atoms with Gasteiger partial charge in [0.15, 0.2) is 0 Å². The minimum atomic E-state index is -0.0994. The zero-order valence-electron chi connectivity index (χ0n) is 10.3. The molecule has 0 aromatic rings. The van der Waals surface area contributed by atoms with Gasteiger partial charge in [-0.25, -0.2) is 0 Å². The summed E-state index contributed by atoms with van der Waals surface area (Å²) in [5, 5.41) is 12.5. The van der Waals surface area contributed by atoms with Gasteiger partial charge in [-0.05, 0) is 40.4 Å². The van der Waals surface area contributed by atoms with Crippen molar-refractivity contribution < 1.29 is 5.11 Å². The number of aliphatic hydroxyl groups excluding tert-OH is 1. The smallest absolute Gasteiger partial charge is 0.0609 e. The number of nitrogens with one attached hydrogen (secondary N) is 1. The predicted octanol–water partition coefficient (Wildman–Crippen LogP) is 1.08. The van der Waals surface area contributed by atoms with Gasteiger partial charge in [-0.15, -0.1) is 0 Å². The highest BCUT2D eigenvalue weighted by atomic mass is 16.3. The average Bonchev–Trinajstić information content (AvgIpc) is 2.11. The van der Waals surface area contributed by atoms with Crippen molar-refractivity contribution in [1.82, 2.24) is 10.2 Å². The lowest BCUT2D eigenvalue weighted by Crippen LogP contribution is -2.45. The number of hydrogen-bond donors (Lipinski definition) is 2. The molecule has 0 heterocycles. The molecule has 0 atom stereocenters. The molecule has 0 saturated heterocycles. The van der Waals surface area contributed by atoms with Crippen LogP contribution in [0.3, 0.4) is 0 Å². The number of likely N-dealkylation sites (N-methyl/N-ethyl adjacent to an activating group) is 1. The van der Waals surface area contributed by atoms with Gasteiger partial charge in [0.1, 0.15) is 0 Å². The fraction of sp³-hybridized carbons (Fsp3) is 1.00. The van der Waals surface area contributed by atoms with Crippen molar-refractivity contribution in [1.29, 1.82) is 0 Å². The normalized spacial score (nSPS) is 12.9. The largest absolute Gasteiger partial charge is 0.394 e. The second-order valence-corrected chi connectivity index (χ2v) is 4.85. The third-order valence-corrected chi connectivity index (χ3v) is 2.64. The minimum Gasteiger partial charge on any atom is -0.394 e. The van der Waals surface area contributed by atoms with E-state index in [0.717, 1.165) is 19.5 Å². The first kappa shape index (κ1) is 13.9. The molecule has 0 bridgehead atoms. The Hall–Kier alpha value is -0.120. The topological polar surface area (TPSA) is 35.5 Å². The first-order chi connectivity index (χ1) is 6.40. The van der Waals surface area contributed by atoms with E-state index in [4.69, 9.17) is 5.11 Å². The molecule has 0 aromatic heterocycles. The van der Waals surface area contributed by atoms with Gasteiger partial charge in [0.25, 0.3) is 0 Å². The fourth-order valence-electron chi connectivity index (χ4n) is 1.13. The van der Waals surface area contributed by atoms with Crippen molar-refractivity contribution in [2.24, 2.45) is 0 Å². The van der Waals surface area contributed by atoms with Crippen LogP contribution in [0.25, 0.3) is 0 Å². The molecule has 0 unspecified atom stereocenters. The number of aliphatic hydroxyl groups is 1. The lowest BCUT2D eigenvalue weighted by atomic mass is 10.1. The molecule has 0 saturated carbocycles. The maximum atomic E-state index is 9.15. The summed E-state index contributed by atoms with van der Waals surface area (Å²) >= 11 is 0. The summed E-state index contributed by atoms with van der Waals surface area (Å²) in [6.45, 7) is 10.7. The van der Waals surface area contributed by atoms with Gasteiger partial charge in [-0.3, -0.25) is 4.90 Å². The highest BCUT2D eigenvalue weighted by Gasteiger charge is 2.21. The van der Waals surface area contributed by atoms with E-state index in [1.807, 2.05) is 0 Å². The van der Waals surface area contributed by atoms with Crippen LogP contribution in [0.4, 0.5) is 0 Å². The Kier molecular flexibility index (Phi) is 6.33. The number of hydrogen-bond acceptors (Lipinski definition) is 3. The molecule has 14 heavy (non-hydrogen) atoms. The molecule has 0 amide bonds. The Bertz CT molecular complexity index is 146. The molecule has 3 heteroatoms. The SMILES string of the molecule is CC(C)NCCCN(C)C(C)(C)CO. The van der Waals surface area contributed by atoms with Crippen LogP contribution >= 0.6 is 0 Å². The van der Waals surface area contributed by atoms with E-state index < -0.39 is 0 Å². The highest BCUT2D eigenvalue weighted by molar-refractivity contribution is 4.77. The van der Waals surface area contributed by atoms with E-state index in [-0.39, 0.29) is 12.1 Å². The lowest BCUT2D eigenvalue weighted by Gasteiger charge is -2.33. The Balaban J connectivity index is 3.59. The Morgan fingerprint density at radius 3 is 2.36 bits per heavy atom. The highest BCUT2D eigenvalue weighted by Crippen LogP contribution is 2.10. The molecular formula is C11H26N2O. The fourth-order valence-corrected chi connectivity index (χ4v) is 1.13. The van der Waals surface area contributed by atoms with E-state index in [1.54, 1.807) is 0 Å². The van der Waals surface area contributed by atoms with Crippen molar-refractivity contribution in [2.75, 3.05) is 26.7 Å². The van der Waals surface area contributed by atoms with Crippen LogP contribution in [0.5, 0.6) is 0 Å². The van der Waals surface area contributed by atoms with Crippen LogP contribution in [-0.2, 0) is 0 Å². The van der Waals surface area contributed by atoms with Gasteiger partial charge in [-0.1, -0.05) is 13.8 Å². The summed E-state index contributed by atoms with van der Waals surface area (Å²) in [4.78, 5) is 2.20. The standard InChI is InChI=1S/C11H26N2O/c1-10(2)12-7-6-8-13(5)11(3,4)9-14/h10,12,14H,6-9H2,1-5H3. The monoisotopic (exact) mass is 202 g/mol. The molecule has 0 aromatic carbocycles. The third kappa shape index (κ3) is 5.58. The van der Waals surface area contributed by atoms with Crippen molar-refractivity contribution in [3.8, 4) is 0 Å². The zero-order chi connectivity index (χ0) is 11.2. The van der Waals surface area contributed by atoms with Crippen molar-refractivity contribution >= 4 is 0 Å². The molecular weight excluding hydrogens is 176 g/mol. The number of nitrogens with zero attached hydrogens (tertiary/aromatic N) is 1. The quantitative estimate of drug-likeness (QED) is 0.606. The predicted molar refractivity (Wildman–Crippen MR) is 61.6 cm³/mol. The van der Waals surface area contributed by atoms with E-state index in [2.05, 4.69) is 45.0 Å². The minimum absolute atomic E-state index is 0.0994. The number of rotatable bonds is 7. The van der Waals surface area contributed by atoms with Gasteiger partial charge >= 0.3 is 0 Å². The van der Waals surface area contributed by atoms with Crippen LogP contribution < -0.4 is 5.32 Å². The Morgan fingerprint density at radius 2 is 1.93 bits per heavy atom. The maximum Gasteiger partial charge on any atom is 0.0609 e. The van der Waals surface area contributed by atoms with Crippen molar-refractivity contribution in [3.05, 3.63) is 0 Å². The summed E-state index contributed by atoms with van der Waals surface area (Å²) < 4.78 is 0. The van der Waals surface area contributed by atoms with Gasteiger partial charge < -0.3 is 10.4 Å². The molecule has 0 rings (SSSR count). The van der Waals surface area contributed by atoms with E-state index in [1.165, 1.54) is 0 Å². The molecule has 0 aliphatic heterocycles. The molecule has 0 radical (unpaired) electrons. The summed E-state index contributed by atoms with van der Waals surface area (Å²) in [5.74, 6) is 0. The van der Waals surface area contributed by atoms with E-state index >= 15 is 0 Å². The third-order valence-electron chi connectivity index (χ3n) is 2.64. The lowest BCUT2D eigenvalue weighted by molar-refractivity contribution is 0.0781. The average molecular weight is 202 g/mol. The van der Waals surface area contributed by atoms with Gasteiger partial charge in [0.05, 0.1) is 6.61 Å². The molecule has 2 N–H and O–H groups in total. The van der Waals surface area contributed by atoms with Crippen molar-refractivity contribution in [2.45, 2.75) is 45.7 Å². The van der Waals surface area contributed by atoms with Crippen molar-refractivity contribution in [3.63, 3.8) is 0 Å². The van der Waals surface area contributed by atoms with Crippen LogP contribution in [-0.4, -0.2) is 48.3 Å². The van der Waals surface area contributed by atoms with Crippen LogP contribution in [0.15, 0.2) is 0 Å². The summed E-state index contributed by atoms with van der Waals surface area (Å²) in [7, 11) is 2.06. The molecule has 0 aliphatic rings. The summed E-state index contributed by atoms with van der Waals surface area (Å²) in [6, 6.07) is 0.561. The Labute approximate surface area is 88.5 Å². The Morgan fingerprint density at radius 1 is 1.36 bits per heavy atom. The second-order valence-electron chi connectivity index (χ2n) is 4.85. The summed E-state index contributed by atoms with van der Waals surface area (Å²) in [5.41, 5.74) is -0.0994. The first-order valence-electron chi connectivity index (χ1n) is 5.45. The van der Waals surface area contributed by atoms with Gasteiger partial charge in [-0.2, -0.15) is 0 Å². The van der Waals surface area contributed by atoms with Gasteiger partial charge in [0, 0.05) is 11.6 Å². The van der Waals surface area contributed by atoms with Crippen LogP contribution in [0, 0.1) is 0 Å². The van der Waals surface area contributed by atoms with E-state index in [9.17, 15) is 0 Å².